The van der Waals surface area contributed by atoms with Gasteiger partial charge < -0.3 is 9.64 Å². The summed E-state index contributed by atoms with van der Waals surface area (Å²) in [5, 5.41) is 0. The average molecular weight is 252 g/mol. The van der Waals surface area contributed by atoms with Gasteiger partial charge in [0.1, 0.15) is 0 Å². The van der Waals surface area contributed by atoms with Crippen LogP contribution in [0, 0.1) is 0 Å². The van der Waals surface area contributed by atoms with Crippen molar-refractivity contribution in [1.29, 1.82) is 0 Å². The van der Waals surface area contributed by atoms with Crippen molar-refractivity contribution in [3.63, 3.8) is 0 Å². The molecule has 2 unspecified atom stereocenters. The second-order valence-electron chi connectivity index (χ2n) is 3.76. The Morgan fingerprint density at radius 3 is 2.93 bits per heavy atom. The summed E-state index contributed by atoms with van der Waals surface area (Å²) in [6, 6.07) is 0. The van der Waals surface area contributed by atoms with Crippen molar-refractivity contribution in [2.75, 3.05) is 31.0 Å². The largest absolute Gasteiger partial charge is 0.370 e. The number of carbonyl (C=O) groups is 1. The Bertz CT molecular complexity index is 216. The van der Waals surface area contributed by atoms with Gasteiger partial charge in [-0.2, -0.15) is 11.8 Å². The van der Waals surface area contributed by atoms with Crippen molar-refractivity contribution < 1.29 is 9.53 Å². The lowest BCUT2D eigenvalue weighted by Crippen LogP contribution is -2.49. The zero-order valence-electron chi connectivity index (χ0n) is 9.24. The summed E-state index contributed by atoms with van der Waals surface area (Å²) in [7, 11) is 0. The number of rotatable bonds is 4. The van der Waals surface area contributed by atoms with Crippen LogP contribution in [0.4, 0.5) is 0 Å². The van der Waals surface area contributed by atoms with E-state index in [9.17, 15) is 4.79 Å². The van der Waals surface area contributed by atoms with Gasteiger partial charge in [-0.05, 0) is 13.2 Å². The molecule has 1 rings (SSSR count). The molecule has 0 radical (unpaired) electrons. The van der Waals surface area contributed by atoms with E-state index in [1.165, 1.54) is 0 Å². The number of amides is 1. The van der Waals surface area contributed by atoms with Crippen LogP contribution in [0.25, 0.3) is 0 Å². The van der Waals surface area contributed by atoms with Crippen LogP contribution in [0.15, 0.2) is 0 Å². The highest BCUT2D eigenvalue weighted by Gasteiger charge is 2.27. The van der Waals surface area contributed by atoms with Gasteiger partial charge in [0.15, 0.2) is 0 Å². The average Bonchev–Trinajstić information content (AvgIpc) is 2.24. The van der Waals surface area contributed by atoms with Gasteiger partial charge in [-0.25, -0.2) is 0 Å². The van der Waals surface area contributed by atoms with E-state index in [1.807, 2.05) is 18.1 Å². The molecule has 0 N–H and O–H groups in total. The lowest BCUT2D eigenvalue weighted by Gasteiger charge is -2.36. The third kappa shape index (κ3) is 4.21. The minimum atomic E-state index is -0.00588. The Hall–Kier alpha value is 0.0700. The second-order valence-corrected chi connectivity index (χ2v) is 5.06. The van der Waals surface area contributed by atoms with Gasteiger partial charge in [-0.3, -0.25) is 4.79 Å². The zero-order valence-corrected chi connectivity index (χ0v) is 10.8. The summed E-state index contributed by atoms with van der Waals surface area (Å²) in [5.74, 6) is 1.56. The molecule has 0 aromatic rings. The maximum absolute atomic E-state index is 11.8. The first-order valence-corrected chi connectivity index (χ1v) is 7.08. The molecule has 0 aromatic carbocycles. The lowest BCUT2D eigenvalue weighted by atomic mass is 10.2. The number of alkyl halides is 1. The molecule has 1 aliphatic rings. The third-order valence-electron chi connectivity index (χ3n) is 2.37. The van der Waals surface area contributed by atoms with Gasteiger partial charge in [-0.15, -0.1) is 11.6 Å². The molecule has 1 fully saturated rings. The maximum Gasteiger partial charge on any atom is 0.223 e. The number of thioether (sulfide) groups is 1. The minimum absolute atomic E-state index is 0.00588. The Morgan fingerprint density at radius 1 is 1.60 bits per heavy atom. The quantitative estimate of drug-likeness (QED) is 0.711. The van der Waals surface area contributed by atoms with Crippen LogP contribution in [0.3, 0.4) is 0 Å². The summed E-state index contributed by atoms with van der Waals surface area (Å²) in [4.78, 5) is 13.7. The van der Waals surface area contributed by atoms with Gasteiger partial charge in [0, 0.05) is 25.3 Å². The number of morpholine rings is 1. The standard InChI is InChI=1S/C10H18ClNO2S/c1-8-6-12(7-9(5-11)14-8)10(13)3-4-15-2/h8-9H,3-7H2,1-2H3. The van der Waals surface area contributed by atoms with E-state index >= 15 is 0 Å². The van der Waals surface area contributed by atoms with Gasteiger partial charge >= 0.3 is 0 Å². The molecule has 15 heavy (non-hydrogen) atoms. The number of carbonyl (C=O) groups excluding carboxylic acids is 1. The van der Waals surface area contributed by atoms with Crippen LogP contribution in [-0.2, 0) is 9.53 Å². The fourth-order valence-corrected chi connectivity index (χ4v) is 2.23. The fraction of sp³-hybridized carbons (Fsp3) is 0.900. The van der Waals surface area contributed by atoms with Gasteiger partial charge in [0.2, 0.25) is 5.91 Å². The van der Waals surface area contributed by atoms with Crippen LogP contribution in [-0.4, -0.2) is 54.0 Å². The summed E-state index contributed by atoms with van der Waals surface area (Å²) in [6.45, 7) is 3.31. The molecule has 5 heteroatoms. The van der Waals surface area contributed by atoms with E-state index in [0.717, 1.165) is 5.75 Å². The van der Waals surface area contributed by atoms with Crippen LogP contribution in [0.5, 0.6) is 0 Å². The Labute approximate surface area is 100 Å². The van der Waals surface area contributed by atoms with Crippen LogP contribution in [0.2, 0.25) is 0 Å². The maximum atomic E-state index is 11.8. The van der Waals surface area contributed by atoms with Crippen molar-refractivity contribution in [1.82, 2.24) is 4.90 Å². The number of halogens is 1. The van der Waals surface area contributed by atoms with Gasteiger partial charge in [-0.1, -0.05) is 0 Å². The molecule has 1 heterocycles. The summed E-state index contributed by atoms with van der Waals surface area (Å²) in [6.07, 6.45) is 2.72. The normalized spacial score (nSPS) is 26.7. The smallest absolute Gasteiger partial charge is 0.223 e. The predicted octanol–water partition coefficient (Wildman–Crippen LogP) is 1.59. The molecule has 0 bridgehead atoms. The number of nitrogens with zero attached hydrogens (tertiary/aromatic N) is 1. The Balaban J connectivity index is 2.42. The summed E-state index contributed by atoms with van der Waals surface area (Å²) < 4.78 is 5.59. The molecule has 1 saturated heterocycles. The summed E-state index contributed by atoms with van der Waals surface area (Å²) >= 11 is 7.45. The zero-order chi connectivity index (χ0) is 11.3. The topological polar surface area (TPSA) is 29.5 Å². The van der Waals surface area contributed by atoms with Gasteiger partial charge in [0.25, 0.3) is 0 Å². The molecule has 2 atom stereocenters. The van der Waals surface area contributed by atoms with E-state index in [0.29, 0.717) is 25.4 Å². The number of hydrogen-bond acceptors (Lipinski definition) is 3. The van der Waals surface area contributed by atoms with Crippen LogP contribution < -0.4 is 0 Å². The van der Waals surface area contributed by atoms with Crippen molar-refractivity contribution in [3.8, 4) is 0 Å². The van der Waals surface area contributed by atoms with E-state index in [-0.39, 0.29) is 18.1 Å². The van der Waals surface area contributed by atoms with Crippen molar-refractivity contribution in [3.05, 3.63) is 0 Å². The van der Waals surface area contributed by atoms with E-state index < -0.39 is 0 Å². The lowest BCUT2D eigenvalue weighted by molar-refractivity contribution is -0.142. The van der Waals surface area contributed by atoms with Crippen molar-refractivity contribution >= 4 is 29.3 Å². The van der Waals surface area contributed by atoms with Crippen LogP contribution >= 0.6 is 23.4 Å². The highest BCUT2D eigenvalue weighted by molar-refractivity contribution is 7.98. The number of hydrogen-bond donors (Lipinski definition) is 0. The van der Waals surface area contributed by atoms with E-state index in [1.54, 1.807) is 11.8 Å². The molecule has 1 amide bonds. The van der Waals surface area contributed by atoms with Gasteiger partial charge in [0.05, 0.1) is 18.1 Å². The van der Waals surface area contributed by atoms with Crippen molar-refractivity contribution in [2.45, 2.75) is 25.6 Å². The molecule has 0 aliphatic carbocycles. The highest BCUT2D eigenvalue weighted by atomic mass is 35.5. The monoisotopic (exact) mass is 251 g/mol. The van der Waals surface area contributed by atoms with E-state index in [2.05, 4.69) is 0 Å². The molecule has 0 saturated carbocycles. The second kappa shape index (κ2) is 6.61. The highest BCUT2D eigenvalue weighted by Crippen LogP contribution is 2.13. The molecule has 0 aromatic heterocycles. The first kappa shape index (κ1) is 13.1. The molecular formula is C10H18ClNO2S. The minimum Gasteiger partial charge on any atom is -0.370 e. The summed E-state index contributed by atoms with van der Waals surface area (Å²) in [5.41, 5.74) is 0. The molecular weight excluding hydrogens is 234 g/mol. The van der Waals surface area contributed by atoms with Crippen molar-refractivity contribution in [2.24, 2.45) is 0 Å². The fourth-order valence-electron chi connectivity index (χ4n) is 1.68. The Morgan fingerprint density at radius 2 is 2.33 bits per heavy atom. The molecule has 1 aliphatic heterocycles. The first-order valence-electron chi connectivity index (χ1n) is 5.15. The first-order chi connectivity index (χ1) is 7.17. The Kier molecular flexibility index (Phi) is 5.79. The molecule has 3 nitrogen and oxygen atoms in total. The third-order valence-corrected chi connectivity index (χ3v) is 3.33. The van der Waals surface area contributed by atoms with Crippen LogP contribution in [0.1, 0.15) is 13.3 Å². The van der Waals surface area contributed by atoms with E-state index in [4.69, 9.17) is 16.3 Å². The number of ether oxygens (including phenoxy) is 1. The molecule has 0 spiro atoms. The molecule has 88 valence electrons. The predicted molar refractivity (Wildman–Crippen MR) is 64.6 cm³/mol. The SMILES string of the molecule is CSCCC(=O)N1CC(C)OC(CCl)C1.